The van der Waals surface area contributed by atoms with E-state index in [1.54, 1.807) is 0 Å². The Kier molecular flexibility index (Phi) is 7.24. The van der Waals surface area contributed by atoms with Gasteiger partial charge in [-0.2, -0.15) is 0 Å². The summed E-state index contributed by atoms with van der Waals surface area (Å²) >= 11 is 5.52. The van der Waals surface area contributed by atoms with Gasteiger partial charge in [-0.25, -0.2) is 0 Å². The zero-order chi connectivity index (χ0) is 12.5. The lowest BCUT2D eigenvalue weighted by atomic mass is 10.2. The molecule has 0 radical (unpaired) electrons. The quantitative estimate of drug-likeness (QED) is 0.655. The average Bonchev–Trinajstić information content (AvgIpc) is 2.84. The van der Waals surface area contributed by atoms with Gasteiger partial charge in [-0.1, -0.05) is 17.7 Å². The van der Waals surface area contributed by atoms with Crippen LogP contribution in [0.25, 0.3) is 0 Å². The second-order valence-electron chi connectivity index (χ2n) is 4.08. The molecule has 1 unspecified atom stereocenters. The monoisotopic (exact) mass is 261 g/mol. The fourth-order valence-corrected chi connectivity index (χ4v) is 1.95. The molecular formula is C12H20ClNO3. The maximum Gasteiger partial charge on any atom is 0.306 e. The Hall–Kier alpha value is -0.580. The number of nitrogens with zero attached hydrogens (tertiary/aromatic N) is 1. The molecule has 1 saturated heterocycles. The summed E-state index contributed by atoms with van der Waals surface area (Å²) in [6.45, 7) is 3.10. The highest BCUT2D eigenvalue weighted by Crippen LogP contribution is 2.13. The third kappa shape index (κ3) is 6.05. The summed E-state index contributed by atoms with van der Waals surface area (Å²) in [6, 6.07) is 0. The fraction of sp³-hybridized carbons (Fsp3) is 0.750. The molecule has 1 rings (SSSR count). The van der Waals surface area contributed by atoms with Gasteiger partial charge in [0.15, 0.2) is 0 Å². The number of halogens is 1. The van der Waals surface area contributed by atoms with Crippen LogP contribution in [0.4, 0.5) is 0 Å². The minimum atomic E-state index is -0.183. The third-order valence-corrected chi connectivity index (χ3v) is 2.98. The van der Waals surface area contributed by atoms with Gasteiger partial charge in [-0.05, 0) is 12.8 Å². The molecule has 0 aromatic rings. The number of ether oxygens (including phenoxy) is 2. The molecule has 5 heteroatoms. The summed E-state index contributed by atoms with van der Waals surface area (Å²) in [5.74, 6) is -0.183. The minimum absolute atomic E-state index is 0.183. The van der Waals surface area contributed by atoms with Crippen LogP contribution in [-0.4, -0.2) is 50.3 Å². The Morgan fingerprint density at radius 1 is 1.65 bits per heavy atom. The highest BCUT2D eigenvalue weighted by Gasteiger charge is 2.19. The van der Waals surface area contributed by atoms with Gasteiger partial charge in [0.1, 0.15) is 0 Å². The number of methoxy groups -OCH3 is 1. The number of esters is 1. The SMILES string of the molecule is COC(=O)CCN(CC=CCl)CC1CCCO1. The van der Waals surface area contributed by atoms with Crippen molar-refractivity contribution in [1.29, 1.82) is 0 Å². The summed E-state index contributed by atoms with van der Waals surface area (Å²) < 4.78 is 10.2. The van der Waals surface area contributed by atoms with Gasteiger partial charge in [0, 0.05) is 31.8 Å². The van der Waals surface area contributed by atoms with Crippen LogP contribution < -0.4 is 0 Å². The fourth-order valence-electron chi connectivity index (χ4n) is 1.87. The first-order chi connectivity index (χ1) is 8.26. The lowest BCUT2D eigenvalue weighted by Crippen LogP contribution is -2.34. The molecule has 1 heterocycles. The summed E-state index contributed by atoms with van der Waals surface area (Å²) in [5.41, 5.74) is 1.50. The molecule has 0 amide bonds. The molecule has 4 nitrogen and oxygen atoms in total. The van der Waals surface area contributed by atoms with Gasteiger partial charge in [0.05, 0.1) is 19.6 Å². The average molecular weight is 262 g/mol. The van der Waals surface area contributed by atoms with Crippen LogP contribution in [0.15, 0.2) is 11.6 Å². The summed E-state index contributed by atoms with van der Waals surface area (Å²) in [6.07, 6.45) is 4.78. The minimum Gasteiger partial charge on any atom is -0.469 e. The van der Waals surface area contributed by atoms with E-state index in [2.05, 4.69) is 9.64 Å². The summed E-state index contributed by atoms with van der Waals surface area (Å²) in [7, 11) is 1.41. The second kappa shape index (κ2) is 8.50. The van der Waals surface area contributed by atoms with Crippen molar-refractivity contribution >= 4 is 17.6 Å². The van der Waals surface area contributed by atoms with Crippen molar-refractivity contribution in [2.75, 3.05) is 33.4 Å². The van der Waals surface area contributed by atoms with E-state index in [0.29, 0.717) is 13.0 Å². The van der Waals surface area contributed by atoms with Crippen LogP contribution in [0.1, 0.15) is 19.3 Å². The van der Waals surface area contributed by atoms with Crippen LogP contribution in [0, 0.1) is 0 Å². The predicted molar refractivity (Wildman–Crippen MR) is 67.0 cm³/mol. The number of carbonyl (C=O) groups excluding carboxylic acids is 1. The first-order valence-corrected chi connectivity index (χ1v) is 6.36. The second-order valence-corrected chi connectivity index (χ2v) is 4.33. The van der Waals surface area contributed by atoms with Crippen LogP contribution in [0.3, 0.4) is 0 Å². The third-order valence-electron chi connectivity index (χ3n) is 2.80. The molecule has 1 atom stereocenters. The standard InChI is InChI=1S/C12H20ClNO3/c1-16-12(15)5-8-14(7-3-6-13)10-11-4-2-9-17-11/h3,6,11H,2,4-5,7-10H2,1H3. The van der Waals surface area contributed by atoms with E-state index in [4.69, 9.17) is 16.3 Å². The smallest absolute Gasteiger partial charge is 0.306 e. The highest BCUT2D eigenvalue weighted by atomic mass is 35.5. The van der Waals surface area contributed by atoms with Crippen molar-refractivity contribution < 1.29 is 14.3 Å². The van der Waals surface area contributed by atoms with Crippen LogP contribution in [0.2, 0.25) is 0 Å². The van der Waals surface area contributed by atoms with Crippen LogP contribution >= 0.6 is 11.6 Å². The Morgan fingerprint density at radius 2 is 2.47 bits per heavy atom. The largest absolute Gasteiger partial charge is 0.469 e. The van der Waals surface area contributed by atoms with Crippen molar-refractivity contribution in [1.82, 2.24) is 4.90 Å². The van der Waals surface area contributed by atoms with Crippen molar-refractivity contribution in [3.63, 3.8) is 0 Å². The molecule has 0 N–H and O–H groups in total. The van der Waals surface area contributed by atoms with Gasteiger partial charge in [-0.15, -0.1) is 0 Å². The molecule has 1 fully saturated rings. The number of hydrogen-bond donors (Lipinski definition) is 0. The summed E-state index contributed by atoms with van der Waals surface area (Å²) in [5, 5.41) is 0. The highest BCUT2D eigenvalue weighted by molar-refractivity contribution is 6.25. The van der Waals surface area contributed by atoms with Gasteiger partial charge in [0.25, 0.3) is 0 Å². The first-order valence-electron chi connectivity index (χ1n) is 5.92. The number of hydrogen-bond acceptors (Lipinski definition) is 4. The normalized spacial score (nSPS) is 20.3. The van der Waals surface area contributed by atoms with E-state index in [0.717, 1.165) is 32.5 Å². The molecule has 98 valence electrons. The van der Waals surface area contributed by atoms with E-state index in [-0.39, 0.29) is 12.1 Å². The number of carbonyl (C=O) groups is 1. The van der Waals surface area contributed by atoms with Gasteiger partial charge in [0.2, 0.25) is 0 Å². The molecule has 1 aliphatic rings. The molecule has 0 saturated carbocycles. The number of rotatable bonds is 7. The predicted octanol–water partition coefficient (Wildman–Crippen LogP) is 1.78. The topological polar surface area (TPSA) is 38.8 Å². The first kappa shape index (κ1) is 14.5. The van der Waals surface area contributed by atoms with Gasteiger partial charge >= 0.3 is 5.97 Å². The van der Waals surface area contributed by atoms with Crippen molar-refractivity contribution in [3.05, 3.63) is 11.6 Å². The van der Waals surface area contributed by atoms with E-state index in [1.165, 1.54) is 12.6 Å². The van der Waals surface area contributed by atoms with Crippen molar-refractivity contribution in [2.45, 2.75) is 25.4 Å². The molecular weight excluding hydrogens is 242 g/mol. The molecule has 1 aliphatic heterocycles. The Morgan fingerprint density at radius 3 is 3.06 bits per heavy atom. The van der Waals surface area contributed by atoms with Gasteiger partial charge in [-0.3, -0.25) is 9.69 Å². The molecule has 0 bridgehead atoms. The Labute approximate surface area is 108 Å². The van der Waals surface area contributed by atoms with Gasteiger partial charge < -0.3 is 9.47 Å². The van der Waals surface area contributed by atoms with E-state index in [1.807, 2.05) is 6.08 Å². The van der Waals surface area contributed by atoms with Crippen LogP contribution in [0.5, 0.6) is 0 Å². The summed E-state index contributed by atoms with van der Waals surface area (Å²) in [4.78, 5) is 13.3. The van der Waals surface area contributed by atoms with Crippen molar-refractivity contribution in [2.24, 2.45) is 0 Å². The molecule has 0 aromatic heterocycles. The van der Waals surface area contributed by atoms with E-state index < -0.39 is 0 Å². The molecule has 0 spiro atoms. The molecule has 0 aromatic carbocycles. The maximum absolute atomic E-state index is 11.1. The van der Waals surface area contributed by atoms with E-state index in [9.17, 15) is 4.79 Å². The zero-order valence-electron chi connectivity index (χ0n) is 10.2. The Balaban J connectivity index is 2.33. The lowest BCUT2D eigenvalue weighted by molar-refractivity contribution is -0.141. The zero-order valence-corrected chi connectivity index (χ0v) is 11.0. The van der Waals surface area contributed by atoms with E-state index >= 15 is 0 Å². The maximum atomic E-state index is 11.1. The Bertz CT molecular complexity index is 252. The van der Waals surface area contributed by atoms with Crippen LogP contribution in [-0.2, 0) is 14.3 Å². The molecule has 0 aliphatic carbocycles. The van der Waals surface area contributed by atoms with Crippen molar-refractivity contribution in [3.8, 4) is 0 Å². The lowest BCUT2D eigenvalue weighted by Gasteiger charge is -2.23. The molecule has 17 heavy (non-hydrogen) atoms.